The van der Waals surface area contributed by atoms with Crippen LogP contribution in [0.4, 0.5) is 13.2 Å². The molecule has 0 radical (unpaired) electrons. The molecule has 2 rings (SSSR count). The molecule has 0 atom stereocenters. The second-order valence-corrected chi connectivity index (χ2v) is 5.32. The van der Waals surface area contributed by atoms with Crippen LogP contribution in [0.1, 0.15) is 0 Å². The Kier molecular flexibility index (Phi) is 5.66. The minimum absolute atomic E-state index is 0.221. The van der Waals surface area contributed by atoms with E-state index >= 15 is 0 Å². The first kappa shape index (κ1) is 18.1. The Morgan fingerprint density at radius 1 is 1.38 bits per heavy atom. The highest BCUT2D eigenvalue weighted by atomic mass is 35.5. The Bertz CT molecular complexity index is 750. The number of aromatic nitrogens is 1. The van der Waals surface area contributed by atoms with Gasteiger partial charge in [-0.3, -0.25) is 9.78 Å². The van der Waals surface area contributed by atoms with Crippen molar-refractivity contribution < 1.29 is 22.7 Å². The highest BCUT2D eigenvalue weighted by molar-refractivity contribution is 6.35. The van der Waals surface area contributed by atoms with E-state index in [9.17, 15) is 18.0 Å². The normalized spacial score (nSPS) is 11.3. The van der Waals surface area contributed by atoms with Crippen LogP contribution in [-0.2, 0) is 4.79 Å². The molecule has 0 bridgehead atoms. The van der Waals surface area contributed by atoms with Gasteiger partial charge in [-0.1, -0.05) is 17.7 Å². The Labute approximate surface area is 141 Å². The van der Waals surface area contributed by atoms with Crippen LogP contribution in [0.5, 0.6) is 5.75 Å². The van der Waals surface area contributed by atoms with Crippen LogP contribution in [0.25, 0.3) is 10.9 Å². The lowest BCUT2D eigenvalue weighted by atomic mass is 10.2. The Balaban J connectivity index is 2.13. The third-order valence-electron chi connectivity index (χ3n) is 3.10. The van der Waals surface area contributed by atoms with E-state index < -0.39 is 25.2 Å². The minimum atomic E-state index is -4.49. The average Bonchev–Trinajstić information content (AvgIpc) is 2.52. The summed E-state index contributed by atoms with van der Waals surface area (Å²) in [5, 5.41) is 1.09. The van der Waals surface area contributed by atoms with Crippen LogP contribution in [-0.4, -0.2) is 41.7 Å². The second-order valence-electron chi connectivity index (χ2n) is 4.91. The van der Waals surface area contributed by atoms with E-state index in [-0.39, 0.29) is 12.3 Å². The topological polar surface area (TPSA) is 42.4 Å². The number of ether oxygens (including phenoxy) is 1. The number of carbonyl (C=O) groups is 1. The molecule has 0 spiro atoms. The van der Waals surface area contributed by atoms with Crippen molar-refractivity contribution in [2.45, 2.75) is 6.18 Å². The zero-order valence-corrected chi connectivity index (χ0v) is 13.3. The van der Waals surface area contributed by atoms with Gasteiger partial charge in [0.1, 0.15) is 17.8 Å². The van der Waals surface area contributed by atoms with Crippen LogP contribution in [0.15, 0.2) is 43.1 Å². The Morgan fingerprint density at radius 3 is 2.79 bits per heavy atom. The molecule has 0 fully saturated rings. The van der Waals surface area contributed by atoms with Crippen LogP contribution in [0, 0.1) is 0 Å². The van der Waals surface area contributed by atoms with Gasteiger partial charge in [0.15, 0.2) is 6.61 Å². The van der Waals surface area contributed by atoms with E-state index in [1.54, 1.807) is 18.2 Å². The fourth-order valence-corrected chi connectivity index (χ4v) is 2.30. The number of amides is 1. The van der Waals surface area contributed by atoms with Gasteiger partial charge in [0.25, 0.3) is 5.91 Å². The minimum Gasteiger partial charge on any atom is -0.481 e. The van der Waals surface area contributed by atoms with Gasteiger partial charge in [0, 0.05) is 18.1 Å². The molecule has 24 heavy (non-hydrogen) atoms. The van der Waals surface area contributed by atoms with E-state index in [1.807, 2.05) is 0 Å². The van der Waals surface area contributed by atoms with Gasteiger partial charge in [-0.25, -0.2) is 0 Å². The van der Waals surface area contributed by atoms with E-state index in [0.717, 1.165) is 0 Å². The predicted octanol–water partition coefficient (Wildman–Crippen LogP) is 3.84. The predicted molar refractivity (Wildman–Crippen MR) is 85.1 cm³/mol. The van der Waals surface area contributed by atoms with Gasteiger partial charge in [0.2, 0.25) is 0 Å². The molecule has 0 aliphatic heterocycles. The molecule has 1 heterocycles. The molecule has 2 aromatic rings. The molecule has 0 saturated heterocycles. The SMILES string of the molecule is C=CCN(CC(F)(F)F)C(=O)COc1ccc(Cl)c2cccnc12. The smallest absolute Gasteiger partial charge is 0.406 e. The molecule has 8 heteroatoms. The van der Waals surface area contributed by atoms with Crippen molar-refractivity contribution in [2.75, 3.05) is 19.7 Å². The van der Waals surface area contributed by atoms with Crippen LogP contribution in [0.3, 0.4) is 0 Å². The van der Waals surface area contributed by atoms with Crippen LogP contribution in [0.2, 0.25) is 5.02 Å². The summed E-state index contributed by atoms with van der Waals surface area (Å²) in [6.45, 7) is 1.23. The summed E-state index contributed by atoms with van der Waals surface area (Å²) in [6, 6.07) is 6.51. The lowest BCUT2D eigenvalue weighted by molar-refractivity contribution is -0.161. The average molecular weight is 359 g/mol. The number of hydrogen-bond acceptors (Lipinski definition) is 3. The van der Waals surface area contributed by atoms with Crippen LogP contribution < -0.4 is 4.74 Å². The molecule has 0 saturated carbocycles. The molecule has 1 aromatic heterocycles. The highest BCUT2D eigenvalue weighted by Gasteiger charge is 2.32. The highest BCUT2D eigenvalue weighted by Crippen LogP contribution is 2.29. The molecule has 0 aliphatic rings. The molecular formula is C16H14ClF3N2O2. The van der Waals surface area contributed by atoms with Crippen molar-refractivity contribution in [1.82, 2.24) is 9.88 Å². The first-order chi connectivity index (χ1) is 11.3. The molecule has 1 amide bonds. The number of hydrogen-bond donors (Lipinski definition) is 0. The van der Waals surface area contributed by atoms with Crippen molar-refractivity contribution in [2.24, 2.45) is 0 Å². The number of fused-ring (bicyclic) bond motifs is 1. The largest absolute Gasteiger partial charge is 0.481 e. The Morgan fingerprint density at radius 2 is 2.12 bits per heavy atom. The Hall–Kier alpha value is -2.28. The third kappa shape index (κ3) is 4.61. The fourth-order valence-electron chi connectivity index (χ4n) is 2.09. The van der Waals surface area contributed by atoms with Gasteiger partial charge in [-0.05, 0) is 24.3 Å². The van der Waals surface area contributed by atoms with Gasteiger partial charge in [-0.2, -0.15) is 13.2 Å². The summed E-state index contributed by atoms with van der Waals surface area (Å²) in [6.07, 6.45) is -1.74. The lowest BCUT2D eigenvalue weighted by Crippen LogP contribution is -2.41. The quantitative estimate of drug-likeness (QED) is 0.737. The molecule has 128 valence electrons. The summed E-state index contributed by atoms with van der Waals surface area (Å²) >= 11 is 6.05. The van der Waals surface area contributed by atoms with Gasteiger partial charge in [0.05, 0.1) is 5.02 Å². The zero-order valence-electron chi connectivity index (χ0n) is 12.5. The fraction of sp³-hybridized carbons (Fsp3) is 0.250. The van der Waals surface area contributed by atoms with Gasteiger partial charge in [-0.15, -0.1) is 6.58 Å². The number of pyridine rings is 1. The molecule has 1 aromatic carbocycles. The first-order valence-corrected chi connectivity index (χ1v) is 7.31. The number of carbonyl (C=O) groups excluding carboxylic acids is 1. The number of halogens is 4. The summed E-state index contributed by atoms with van der Waals surface area (Å²) in [4.78, 5) is 16.7. The van der Waals surface area contributed by atoms with Crippen molar-refractivity contribution in [3.63, 3.8) is 0 Å². The third-order valence-corrected chi connectivity index (χ3v) is 3.43. The van der Waals surface area contributed by atoms with E-state index in [1.165, 1.54) is 18.3 Å². The zero-order chi connectivity index (χ0) is 17.7. The first-order valence-electron chi connectivity index (χ1n) is 6.93. The van der Waals surface area contributed by atoms with Crippen molar-refractivity contribution in [3.05, 3.63) is 48.1 Å². The maximum absolute atomic E-state index is 12.5. The number of rotatable bonds is 6. The number of benzene rings is 1. The van der Waals surface area contributed by atoms with Crippen molar-refractivity contribution >= 4 is 28.4 Å². The maximum Gasteiger partial charge on any atom is 0.406 e. The number of alkyl halides is 3. The molecule has 0 unspecified atom stereocenters. The summed E-state index contributed by atoms with van der Waals surface area (Å²) < 4.78 is 42.9. The van der Waals surface area contributed by atoms with Crippen molar-refractivity contribution in [1.29, 1.82) is 0 Å². The monoisotopic (exact) mass is 358 g/mol. The van der Waals surface area contributed by atoms with E-state index in [4.69, 9.17) is 16.3 Å². The summed E-state index contributed by atoms with van der Waals surface area (Å²) in [7, 11) is 0. The molecule has 4 nitrogen and oxygen atoms in total. The van der Waals surface area contributed by atoms with Gasteiger partial charge < -0.3 is 9.64 Å². The molecule has 0 N–H and O–H groups in total. The number of nitrogens with zero attached hydrogens (tertiary/aromatic N) is 2. The van der Waals surface area contributed by atoms with Crippen LogP contribution >= 0.6 is 11.6 Å². The summed E-state index contributed by atoms with van der Waals surface area (Å²) in [5.74, 6) is -0.528. The second kappa shape index (κ2) is 7.53. The lowest BCUT2D eigenvalue weighted by Gasteiger charge is -2.22. The van der Waals surface area contributed by atoms with E-state index in [2.05, 4.69) is 11.6 Å². The van der Waals surface area contributed by atoms with E-state index in [0.29, 0.717) is 20.8 Å². The maximum atomic E-state index is 12.5. The molecular weight excluding hydrogens is 345 g/mol. The van der Waals surface area contributed by atoms with Crippen molar-refractivity contribution in [3.8, 4) is 5.75 Å². The summed E-state index contributed by atoms with van der Waals surface area (Å²) in [5.41, 5.74) is 0.434. The van der Waals surface area contributed by atoms with Gasteiger partial charge >= 0.3 is 6.18 Å². The molecule has 0 aliphatic carbocycles. The standard InChI is InChI=1S/C16H14ClF3N2O2/c1-2-8-22(10-16(18,19)20)14(23)9-24-13-6-5-12(17)11-4-3-7-21-15(11)13/h2-7H,1,8-10H2.